The van der Waals surface area contributed by atoms with Crippen LogP contribution in [0.15, 0.2) is 23.8 Å². The summed E-state index contributed by atoms with van der Waals surface area (Å²) < 4.78 is 27.3. The Morgan fingerprint density at radius 2 is 2.00 bits per heavy atom. The van der Waals surface area contributed by atoms with Gasteiger partial charge in [0.15, 0.2) is 11.6 Å². The first-order valence-electron chi connectivity index (χ1n) is 12.5. The van der Waals surface area contributed by atoms with E-state index in [-0.39, 0.29) is 59.3 Å². The molecule has 9 atom stereocenters. The number of carbonyl (C=O) groups is 3. The minimum atomic E-state index is -1.18. The number of ketones is 2. The summed E-state index contributed by atoms with van der Waals surface area (Å²) in [5.41, 5.74) is -0.884. The number of rotatable bonds is 6. The molecule has 1 saturated heterocycles. The fourth-order valence-corrected chi connectivity index (χ4v) is 8.33. The zero-order valence-corrected chi connectivity index (χ0v) is 20.1. The van der Waals surface area contributed by atoms with E-state index in [2.05, 4.69) is 13.8 Å². The van der Waals surface area contributed by atoms with Gasteiger partial charge in [-0.15, -0.1) is 0 Å². The van der Waals surface area contributed by atoms with E-state index in [0.29, 0.717) is 18.4 Å². The zero-order chi connectivity index (χ0) is 23.8. The highest BCUT2D eigenvalue weighted by Gasteiger charge is 2.80. The summed E-state index contributed by atoms with van der Waals surface area (Å²) in [7, 11) is 0. The van der Waals surface area contributed by atoms with E-state index < -0.39 is 17.2 Å². The van der Waals surface area contributed by atoms with Gasteiger partial charge in [-0.1, -0.05) is 33.3 Å². The molecule has 5 nitrogen and oxygen atoms in total. The number of allylic oxidation sites excluding steroid dienone is 2. The topological polar surface area (TPSA) is 73.0 Å². The highest BCUT2D eigenvalue weighted by Crippen LogP contribution is 2.76. The quantitative estimate of drug-likeness (QED) is 0.432. The second-order valence-electron chi connectivity index (χ2n) is 11.5. The Labute approximate surface area is 195 Å². The van der Waals surface area contributed by atoms with E-state index in [4.69, 9.17) is 9.47 Å². The molecule has 5 aliphatic rings. The molecule has 0 amide bonds. The largest absolute Gasteiger partial charge is 0.458 e. The van der Waals surface area contributed by atoms with Crippen molar-refractivity contribution in [3.63, 3.8) is 0 Å². The maximum Gasteiger partial charge on any atom is 0.306 e. The number of Topliss-reactive ketones (excluding diaryl/α,β-unsaturated/α-hetero) is 1. The molecule has 5 rings (SSSR count). The van der Waals surface area contributed by atoms with Crippen molar-refractivity contribution in [2.24, 2.45) is 34.5 Å². The lowest BCUT2D eigenvalue weighted by Gasteiger charge is -2.55. The number of esters is 1. The maximum absolute atomic E-state index is 15.5. The second-order valence-corrected chi connectivity index (χ2v) is 11.5. The summed E-state index contributed by atoms with van der Waals surface area (Å²) >= 11 is 0. The number of unbranched alkanes of at least 4 members (excludes halogenated alkanes) is 1. The maximum atomic E-state index is 15.5. The molecule has 4 fully saturated rings. The van der Waals surface area contributed by atoms with Crippen molar-refractivity contribution in [2.45, 2.75) is 84.1 Å². The van der Waals surface area contributed by atoms with E-state index in [9.17, 15) is 14.4 Å². The first-order valence-corrected chi connectivity index (χ1v) is 12.5. The molecule has 0 aromatic heterocycles. The fraction of sp³-hybridized carbons (Fsp3) is 0.741. The van der Waals surface area contributed by atoms with Crippen LogP contribution >= 0.6 is 0 Å². The van der Waals surface area contributed by atoms with Gasteiger partial charge in [0.2, 0.25) is 0 Å². The predicted molar refractivity (Wildman–Crippen MR) is 120 cm³/mol. The fourth-order valence-electron chi connectivity index (χ4n) is 8.33. The number of alkyl halides is 1. The molecule has 0 radical (unpaired) electrons. The lowest BCUT2D eigenvalue weighted by atomic mass is 9.47. The van der Waals surface area contributed by atoms with Crippen molar-refractivity contribution in [1.29, 1.82) is 0 Å². The molecule has 1 aliphatic heterocycles. The average molecular weight is 459 g/mol. The van der Waals surface area contributed by atoms with Crippen LogP contribution < -0.4 is 0 Å². The van der Waals surface area contributed by atoms with Crippen LogP contribution in [-0.2, 0) is 23.9 Å². The summed E-state index contributed by atoms with van der Waals surface area (Å²) in [6.45, 7) is 8.11. The molecule has 0 N–H and O–H groups in total. The van der Waals surface area contributed by atoms with Gasteiger partial charge in [0.25, 0.3) is 0 Å². The van der Waals surface area contributed by atoms with Crippen molar-refractivity contribution in [3.8, 4) is 0 Å². The van der Waals surface area contributed by atoms with Crippen molar-refractivity contribution >= 4 is 17.5 Å². The minimum absolute atomic E-state index is 0.0105. The first kappa shape index (κ1) is 22.9. The highest BCUT2D eigenvalue weighted by atomic mass is 19.1. The van der Waals surface area contributed by atoms with Crippen LogP contribution in [0.25, 0.3) is 0 Å². The van der Waals surface area contributed by atoms with Crippen LogP contribution in [0, 0.1) is 34.5 Å². The zero-order valence-electron chi connectivity index (χ0n) is 20.1. The molecule has 1 spiro atoms. The van der Waals surface area contributed by atoms with Crippen molar-refractivity contribution in [2.75, 3.05) is 6.61 Å². The van der Waals surface area contributed by atoms with Crippen molar-refractivity contribution < 1.29 is 28.2 Å². The Balaban J connectivity index is 1.40. The van der Waals surface area contributed by atoms with Gasteiger partial charge in [-0.05, 0) is 73.5 Å². The molecule has 0 bridgehead atoms. The number of halogens is 1. The molecule has 4 aliphatic carbocycles. The smallest absolute Gasteiger partial charge is 0.306 e. The van der Waals surface area contributed by atoms with Crippen molar-refractivity contribution in [1.82, 2.24) is 0 Å². The third-order valence-electron chi connectivity index (χ3n) is 9.72. The number of hydrogen-bond acceptors (Lipinski definition) is 5. The molecule has 6 heteroatoms. The molecular weight excluding hydrogens is 423 g/mol. The minimum Gasteiger partial charge on any atom is -0.458 e. The molecule has 180 valence electrons. The predicted octanol–water partition coefficient (Wildman–Crippen LogP) is 4.54. The SMILES string of the molecule is CCCCC(=O)OCC(=O)[C@H]1[C@H](C)C[C@H]2[C@@H]3C[C@H](F)C4=CC(=O)C=C[C@]4(C)[C@]34O[C@H]4C[C@@]21C. The van der Waals surface area contributed by atoms with Crippen LogP contribution in [0.1, 0.15) is 66.2 Å². The van der Waals surface area contributed by atoms with Crippen LogP contribution in [0.3, 0.4) is 0 Å². The summed E-state index contributed by atoms with van der Waals surface area (Å²) in [5.74, 6) is -0.441. The highest BCUT2D eigenvalue weighted by molar-refractivity contribution is 6.01. The standard InChI is InChI=1S/C27H35FO5/c1-5-6-7-23(31)32-14-21(30)24-15(2)10-17-18-12-20(28)19-11-16(29)8-9-26(19,4)27(18)22(33-27)13-25(17,24)3/h8-9,11,15,17-18,20,22,24H,5-7,10,12-14H2,1-4H3/t15-,17+,18+,20+,22+,24-,25+,26+,27+/m1/s1. The van der Waals surface area contributed by atoms with Gasteiger partial charge in [-0.3, -0.25) is 14.4 Å². The number of carbonyl (C=O) groups excluding carboxylic acids is 3. The van der Waals surface area contributed by atoms with Crippen LogP contribution in [-0.4, -0.2) is 42.0 Å². The Morgan fingerprint density at radius 3 is 2.73 bits per heavy atom. The van der Waals surface area contributed by atoms with E-state index in [1.54, 1.807) is 6.08 Å². The van der Waals surface area contributed by atoms with Gasteiger partial charge in [0.1, 0.15) is 18.4 Å². The van der Waals surface area contributed by atoms with E-state index in [1.165, 1.54) is 6.08 Å². The molecule has 33 heavy (non-hydrogen) atoms. The number of fused-ring (bicyclic) bond motifs is 3. The van der Waals surface area contributed by atoms with E-state index >= 15 is 4.39 Å². The summed E-state index contributed by atoms with van der Waals surface area (Å²) in [6.07, 6.45) is 7.55. The van der Waals surface area contributed by atoms with Gasteiger partial charge in [0, 0.05) is 17.8 Å². The summed E-state index contributed by atoms with van der Waals surface area (Å²) in [4.78, 5) is 37.3. The molecule has 0 aromatic carbocycles. The van der Waals surface area contributed by atoms with Crippen LogP contribution in [0.5, 0.6) is 0 Å². The lowest BCUT2D eigenvalue weighted by Crippen LogP contribution is -2.59. The lowest BCUT2D eigenvalue weighted by molar-refractivity contribution is -0.151. The van der Waals surface area contributed by atoms with Gasteiger partial charge in [-0.25, -0.2) is 4.39 Å². The third kappa shape index (κ3) is 3.08. The van der Waals surface area contributed by atoms with Gasteiger partial charge < -0.3 is 9.47 Å². The third-order valence-corrected chi connectivity index (χ3v) is 9.72. The second kappa shape index (κ2) is 7.59. The summed E-state index contributed by atoms with van der Waals surface area (Å²) in [6, 6.07) is 0. The first-order chi connectivity index (χ1) is 15.6. The van der Waals surface area contributed by atoms with Crippen LogP contribution in [0.4, 0.5) is 4.39 Å². The summed E-state index contributed by atoms with van der Waals surface area (Å²) in [5, 5.41) is 0. The van der Waals surface area contributed by atoms with Crippen molar-refractivity contribution in [3.05, 3.63) is 23.8 Å². The Morgan fingerprint density at radius 1 is 1.24 bits per heavy atom. The monoisotopic (exact) mass is 458 g/mol. The van der Waals surface area contributed by atoms with Gasteiger partial charge >= 0.3 is 5.97 Å². The normalized spacial score (nSPS) is 47.1. The molecular formula is C27H35FO5. The molecule has 1 heterocycles. The van der Waals surface area contributed by atoms with Crippen LogP contribution in [0.2, 0.25) is 0 Å². The Bertz CT molecular complexity index is 954. The number of epoxide rings is 1. The van der Waals surface area contributed by atoms with Gasteiger partial charge in [-0.2, -0.15) is 0 Å². The Kier molecular flexibility index (Phi) is 5.28. The average Bonchev–Trinajstić information content (AvgIpc) is 3.42. The number of hydrogen-bond donors (Lipinski definition) is 0. The molecule has 3 saturated carbocycles. The molecule has 0 aromatic rings. The van der Waals surface area contributed by atoms with Gasteiger partial charge in [0.05, 0.1) is 6.10 Å². The molecule has 0 unspecified atom stereocenters. The van der Waals surface area contributed by atoms with E-state index in [1.807, 2.05) is 19.9 Å². The number of ether oxygens (including phenoxy) is 2. The van der Waals surface area contributed by atoms with E-state index in [0.717, 1.165) is 25.7 Å². The Hall–Kier alpha value is -1.82.